The van der Waals surface area contributed by atoms with Crippen molar-refractivity contribution in [3.8, 4) is 5.75 Å². The van der Waals surface area contributed by atoms with E-state index in [1.54, 1.807) is 0 Å². The molecule has 0 unspecified atom stereocenters. The molecule has 3 N–H and O–H groups in total. The summed E-state index contributed by atoms with van der Waals surface area (Å²) < 4.78 is 5.08. The zero-order valence-corrected chi connectivity index (χ0v) is 14.8. The van der Waals surface area contributed by atoms with Gasteiger partial charge in [-0.05, 0) is 37.1 Å². The van der Waals surface area contributed by atoms with Crippen LogP contribution >= 0.6 is 11.6 Å². The van der Waals surface area contributed by atoms with Crippen molar-refractivity contribution in [1.29, 1.82) is 5.41 Å². The summed E-state index contributed by atoms with van der Waals surface area (Å²) in [5, 5.41) is 20.9. The summed E-state index contributed by atoms with van der Waals surface area (Å²) in [6.45, 7) is 0. The molecule has 1 fully saturated rings. The number of rotatable bonds is 4. The number of ketones is 1. The first-order valence-electron chi connectivity index (χ1n) is 8.47. The van der Waals surface area contributed by atoms with Crippen molar-refractivity contribution in [2.24, 2.45) is 0 Å². The normalized spacial score (nSPS) is 14.8. The number of amides is 1. The van der Waals surface area contributed by atoms with Gasteiger partial charge in [0, 0.05) is 11.1 Å². The monoisotopic (exact) mass is 374 g/mol. The Labute approximate surface area is 155 Å². The molecule has 3 rings (SSSR count). The van der Waals surface area contributed by atoms with Gasteiger partial charge < -0.3 is 14.8 Å². The van der Waals surface area contributed by atoms with Crippen LogP contribution in [0, 0.1) is 5.41 Å². The average molecular weight is 375 g/mol. The van der Waals surface area contributed by atoms with Crippen LogP contribution in [0.4, 0.5) is 0 Å². The van der Waals surface area contributed by atoms with Gasteiger partial charge in [0.05, 0.1) is 11.1 Å². The lowest BCUT2D eigenvalue weighted by Gasteiger charge is -2.22. The van der Waals surface area contributed by atoms with E-state index in [2.05, 4.69) is 5.32 Å². The van der Waals surface area contributed by atoms with Gasteiger partial charge in [-0.3, -0.25) is 15.0 Å². The van der Waals surface area contributed by atoms with Gasteiger partial charge in [0.25, 0.3) is 5.91 Å². The molecule has 2 aromatic rings. The zero-order chi connectivity index (χ0) is 18.7. The molecule has 1 amide bonds. The van der Waals surface area contributed by atoms with Gasteiger partial charge >= 0.3 is 0 Å². The van der Waals surface area contributed by atoms with Gasteiger partial charge in [-0.15, -0.1) is 0 Å². The highest BCUT2D eigenvalue weighted by atomic mass is 35.5. The summed E-state index contributed by atoms with van der Waals surface area (Å²) >= 11 is 5.88. The molecule has 0 radical (unpaired) electrons. The fraction of sp³-hybridized carbons (Fsp3) is 0.316. The Morgan fingerprint density at radius 2 is 1.88 bits per heavy atom. The maximum atomic E-state index is 12.6. The first-order valence-corrected chi connectivity index (χ1v) is 8.85. The first kappa shape index (κ1) is 18.2. The smallest absolute Gasteiger partial charge is 0.257 e. The third-order valence-electron chi connectivity index (χ3n) is 4.50. The van der Waals surface area contributed by atoms with Crippen molar-refractivity contribution in [3.63, 3.8) is 0 Å². The molecule has 0 bridgehead atoms. The number of phenolic OH excluding ortho intramolecular Hbond substituents is 1. The SMILES string of the molecule is N=c1occ(C(=O)c2cc(Cl)ccc2O)cc1C(=O)NC1CCCCC1. The second-order valence-electron chi connectivity index (χ2n) is 6.38. The summed E-state index contributed by atoms with van der Waals surface area (Å²) in [5.74, 6) is -1.20. The van der Waals surface area contributed by atoms with E-state index in [4.69, 9.17) is 21.4 Å². The zero-order valence-electron chi connectivity index (χ0n) is 14.0. The average Bonchev–Trinajstić information content (AvgIpc) is 2.64. The van der Waals surface area contributed by atoms with E-state index in [1.165, 1.54) is 30.7 Å². The van der Waals surface area contributed by atoms with E-state index in [0.29, 0.717) is 5.02 Å². The number of nitrogens with one attached hydrogen (secondary N) is 2. The maximum absolute atomic E-state index is 12.6. The molecule has 0 atom stereocenters. The Hall–Kier alpha value is -2.60. The van der Waals surface area contributed by atoms with Gasteiger partial charge in [0.2, 0.25) is 5.55 Å². The number of phenols is 1. The van der Waals surface area contributed by atoms with E-state index in [9.17, 15) is 14.7 Å². The van der Waals surface area contributed by atoms with Crippen molar-refractivity contribution >= 4 is 23.3 Å². The highest BCUT2D eigenvalue weighted by Crippen LogP contribution is 2.24. The summed E-state index contributed by atoms with van der Waals surface area (Å²) in [4.78, 5) is 25.1. The molecule has 0 saturated heterocycles. The third-order valence-corrected chi connectivity index (χ3v) is 4.73. The minimum Gasteiger partial charge on any atom is -0.507 e. The van der Waals surface area contributed by atoms with Crippen LogP contribution in [0.25, 0.3) is 0 Å². The second-order valence-corrected chi connectivity index (χ2v) is 6.81. The van der Waals surface area contributed by atoms with Gasteiger partial charge in [-0.1, -0.05) is 30.9 Å². The first-order chi connectivity index (χ1) is 12.5. The number of carbonyl (C=O) groups excluding carboxylic acids is 2. The number of carbonyl (C=O) groups is 2. The molecule has 136 valence electrons. The van der Waals surface area contributed by atoms with E-state index < -0.39 is 11.7 Å². The van der Waals surface area contributed by atoms with Crippen LogP contribution in [0.2, 0.25) is 5.02 Å². The number of hydrogen-bond acceptors (Lipinski definition) is 5. The van der Waals surface area contributed by atoms with Crippen LogP contribution in [-0.2, 0) is 0 Å². The minimum absolute atomic E-state index is 0.00377. The van der Waals surface area contributed by atoms with Crippen LogP contribution in [-0.4, -0.2) is 22.8 Å². The topological polar surface area (TPSA) is 103 Å². The molecule has 0 aliphatic heterocycles. The molecule has 6 nitrogen and oxygen atoms in total. The Bertz CT molecular complexity index is 901. The summed E-state index contributed by atoms with van der Waals surface area (Å²) in [6, 6.07) is 5.52. The van der Waals surface area contributed by atoms with Crippen molar-refractivity contribution < 1.29 is 19.1 Å². The summed E-state index contributed by atoms with van der Waals surface area (Å²) in [6.07, 6.45) is 6.21. The van der Waals surface area contributed by atoms with Crippen LogP contribution in [0.15, 0.2) is 34.9 Å². The molecule has 7 heteroatoms. The van der Waals surface area contributed by atoms with E-state index in [1.807, 2.05) is 0 Å². The number of aromatic hydroxyl groups is 1. The fourth-order valence-corrected chi connectivity index (χ4v) is 3.26. The van der Waals surface area contributed by atoms with Crippen molar-refractivity contribution in [2.75, 3.05) is 0 Å². The number of halogens is 1. The molecule has 1 heterocycles. The molecule has 1 saturated carbocycles. The van der Waals surface area contributed by atoms with Crippen LogP contribution in [0.5, 0.6) is 5.75 Å². The lowest BCUT2D eigenvalue weighted by atomic mass is 9.95. The summed E-state index contributed by atoms with van der Waals surface area (Å²) in [5.41, 5.74) is -0.260. The highest BCUT2D eigenvalue weighted by Gasteiger charge is 2.21. The molecule has 1 aromatic heterocycles. The molecule has 26 heavy (non-hydrogen) atoms. The molecule has 0 spiro atoms. The Morgan fingerprint density at radius 1 is 1.15 bits per heavy atom. The predicted octanol–water partition coefficient (Wildman–Crippen LogP) is 3.41. The predicted molar refractivity (Wildman–Crippen MR) is 95.5 cm³/mol. The quantitative estimate of drug-likeness (QED) is 0.713. The highest BCUT2D eigenvalue weighted by molar-refractivity contribution is 6.31. The molecule has 1 aliphatic carbocycles. The van der Waals surface area contributed by atoms with Crippen LogP contribution in [0.3, 0.4) is 0 Å². The standard InChI is InChI=1S/C19H19ClN2O4/c20-12-6-7-16(23)14(9-12)17(24)11-8-15(18(21)26-10-11)19(25)22-13-4-2-1-3-5-13/h6-10,13,21,23H,1-5H2,(H,22,25). The number of benzene rings is 1. The van der Waals surface area contributed by atoms with Crippen molar-refractivity contribution in [3.05, 3.63) is 57.8 Å². The Morgan fingerprint density at radius 3 is 2.62 bits per heavy atom. The second kappa shape index (κ2) is 7.74. The Kier molecular flexibility index (Phi) is 5.42. The van der Waals surface area contributed by atoms with Gasteiger partial charge in [-0.2, -0.15) is 0 Å². The Balaban J connectivity index is 1.87. The van der Waals surface area contributed by atoms with Crippen molar-refractivity contribution in [1.82, 2.24) is 5.32 Å². The van der Waals surface area contributed by atoms with Gasteiger partial charge in [-0.25, -0.2) is 0 Å². The lowest BCUT2D eigenvalue weighted by Crippen LogP contribution is -2.38. The van der Waals surface area contributed by atoms with Gasteiger partial charge in [0.1, 0.15) is 17.6 Å². The maximum Gasteiger partial charge on any atom is 0.257 e. The number of hydrogen-bond donors (Lipinski definition) is 3. The molecule has 1 aromatic carbocycles. The fourth-order valence-electron chi connectivity index (χ4n) is 3.08. The molecule has 1 aliphatic rings. The van der Waals surface area contributed by atoms with Crippen LogP contribution in [0.1, 0.15) is 58.4 Å². The van der Waals surface area contributed by atoms with E-state index in [-0.39, 0.29) is 34.0 Å². The summed E-state index contributed by atoms with van der Waals surface area (Å²) in [7, 11) is 0. The van der Waals surface area contributed by atoms with E-state index in [0.717, 1.165) is 31.9 Å². The van der Waals surface area contributed by atoms with Gasteiger partial charge in [0.15, 0.2) is 5.78 Å². The van der Waals surface area contributed by atoms with E-state index >= 15 is 0 Å². The third kappa shape index (κ3) is 3.96. The largest absolute Gasteiger partial charge is 0.507 e. The van der Waals surface area contributed by atoms with Crippen LogP contribution < -0.4 is 10.9 Å². The minimum atomic E-state index is -0.541. The van der Waals surface area contributed by atoms with Crippen molar-refractivity contribution in [2.45, 2.75) is 38.1 Å². The molecular weight excluding hydrogens is 356 g/mol. The molecular formula is C19H19ClN2O4. The lowest BCUT2D eigenvalue weighted by molar-refractivity contribution is 0.0922.